The van der Waals surface area contributed by atoms with Crippen LogP contribution in [0.15, 0.2) is 36.9 Å². The van der Waals surface area contributed by atoms with Crippen LogP contribution < -0.4 is 5.32 Å². The molecule has 1 amide bonds. The average molecular weight is 256 g/mol. The highest BCUT2D eigenvalue weighted by molar-refractivity contribution is 6.03. The van der Waals surface area contributed by atoms with Gasteiger partial charge in [0.2, 0.25) is 5.95 Å². The normalized spacial score (nSPS) is 10.3. The second-order valence-electron chi connectivity index (χ2n) is 3.59. The van der Waals surface area contributed by atoms with Gasteiger partial charge >= 0.3 is 0 Å². The second-order valence-corrected chi connectivity index (χ2v) is 3.59. The zero-order chi connectivity index (χ0) is 13.1. The fraction of sp³-hybridized carbons (Fsp3) is 0. The smallest absolute Gasteiger partial charge is 0.258 e. The molecule has 19 heavy (non-hydrogen) atoms. The van der Waals surface area contributed by atoms with Gasteiger partial charge in [-0.15, -0.1) is 5.10 Å². The number of tetrazole rings is 1. The number of hydrogen-bond donors (Lipinski definition) is 2. The Bertz CT molecular complexity index is 658. The molecule has 0 bridgehead atoms. The van der Waals surface area contributed by atoms with Gasteiger partial charge in [0.15, 0.2) is 0 Å². The monoisotopic (exact) mass is 256 g/mol. The summed E-state index contributed by atoms with van der Waals surface area (Å²) in [6, 6.07) is 6.82. The maximum Gasteiger partial charge on any atom is 0.258 e. The van der Waals surface area contributed by atoms with E-state index in [0.29, 0.717) is 11.5 Å². The minimum Gasteiger partial charge on any atom is -0.291 e. The molecule has 0 radical (unpaired) electrons. The molecule has 3 rings (SSSR count). The first kappa shape index (κ1) is 11.0. The second kappa shape index (κ2) is 4.64. The summed E-state index contributed by atoms with van der Waals surface area (Å²) in [4.78, 5) is 15.7. The first-order valence-electron chi connectivity index (χ1n) is 5.33. The molecule has 2 aromatic heterocycles. The Hall–Kier alpha value is -3.10. The number of aromatic amines is 1. The van der Waals surface area contributed by atoms with Crippen LogP contribution in [0.2, 0.25) is 0 Å². The lowest BCUT2D eigenvalue weighted by molar-refractivity contribution is 0.102. The number of anilines is 1. The molecule has 0 aliphatic carbocycles. The van der Waals surface area contributed by atoms with Gasteiger partial charge in [-0.05, 0) is 34.7 Å². The van der Waals surface area contributed by atoms with Gasteiger partial charge in [0, 0.05) is 5.56 Å². The summed E-state index contributed by atoms with van der Waals surface area (Å²) in [5, 5.41) is 19.6. The number of hydrogen-bond acceptors (Lipinski definition) is 6. The van der Waals surface area contributed by atoms with Gasteiger partial charge in [-0.25, -0.2) is 9.78 Å². The minimum absolute atomic E-state index is 0.278. The first-order valence-corrected chi connectivity index (χ1v) is 5.33. The third kappa shape index (κ3) is 2.29. The van der Waals surface area contributed by atoms with E-state index in [-0.39, 0.29) is 5.91 Å². The summed E-state index contributed by atoms with van der Waals surface area (Å²) in [7, 11) is 0. The topological polar surface area (TPSA) is 114 Å². The first-order chi connectivity index (χ1) is 9.33. The van der Waals surface area contributed by atoms with Crippen LogP contribution in [-0.4, -0.2) is 41.3 Å². The molecule has 0 aliphatic rings. The van der Waals surface area contributed by atoms with E-state index in [4.69, 9.17) is 0 Å². The van der Waals surface area contributed by atoms with Crippen LogP contribution in [-0.2, 0) is 0 Å². The van der Waals surface area contributed by atoms with Gasteiger partial charge in [0.1, 0.15) is 12.7 Å². The van der Waals surface area contributed by atoms with Crippen LogP contribution in [0.4, 0.5) is 5.95 Å². The molecule has 0 aliphatic heterocycles. The van der Waals surface area contributed by atoms with Crippen molar-refractivity contribution in [3.63, 3.8) is 0 Å². The van der Waals surface area contributed by atoms with Crippen molar-refractivity contribution in [3.8, 4) is 5.69 Å². The highest BCUT2D eigenvalue weighted by atomic mass is 16.1. The number of amides is 1. The van der Waals surface area contributed by atoms with E-state index in [0.717, 1.165) is 5.69 Å². The summed E-state index contributed by atoms with van der Waals surface area (Å²) < 4.78 is 1.50. The molecule has 2 N–H and O–H groups in total. The quantitative estimate of drug-likeness (QED) is 0.683. The predicted molar refractivity (Wildman–Crippen MR) is 63.5 cm³/mol. The molecule has 0 saturated carbocycles. The predicted octanol–water partition coefficient (Wildman–Crippen LogP) is 0.0327. The van der Waals surface area contributed by atoms with Crippen molar-refractivity contribution in [3.05, 3.63) is 42.5 Å². The summed E-state index contributed by atoms with van der Waals surface area (Å²) in [6.07, 6.45) is 2.79. The van der Waals surface area contributed by atoms with Crippen LogP contribution >= 0.6 is 0 Å². The van der Waals surface area contributed by atoms with Gasteiger partial charge < -0.3 is 0 Å². The molecule has 0 unspecified atom stereocenters. The van der Waals surface area contributed by atoms with E-state index in [1.54, 1.807) is 24.3 Å². The highest BCUT2D eigenvalue weighted by Gasteiger charge is 2.08. The number of nitrogens with zero attached hydrogens (tertiary/aromatic N) is 6. The number of carbonyl (C=O) groups is 1. The SMILES string of the molecule is O=C(Nc1ncn[nH]1)c1ccc(-n2cnnn2)cc1. The number of rotatable bonds is 3. The van der Waals surface area contributed by atoms with E-state index < -0.39 is 0 Å². The van der Waals surface area contributed by atoms with Gasteiger partial charge in [-0.3, -0.25) is 10.1 Å². The largest absolute Gasteiger partial charge is 0.291 e. The van der Waals surface area contributed by atoms with Gasteiger partial charge in [-0.2, -0.15) is 10.1 Å². The standard InChI is InChI=1S/C10H8N8O/c19-9(14-10-11-5-12-15-10)7-1-3-8(4-2-7)18-6-13-16-17-18/h1-6H,(H2,11,12,14,15,19). The maximum atomic E-state index is 11.9. The third-order valence-electron chi connectivity index (χ3n) is 2.39. The molecular formula is C10H8N8O. The Balaban J connectivity index is 1.77. The Morgan fingerprint density at radius 1 is 1.26 bits per heavy atom. The zero-order valence-electron chi connectivity index (χ0n) is 9.56. The number of benzene rings is 1. The molecule has 0 fully saturated rings. The molecule has 2 heterocycles. The fourth-order valence-corrected chi connectivity index (χ4v) is 1.49. The van der Waals surface area contributed by atoms with Crippen molar-refractivity contribution in [1.82, 2.24) is 35.4 Å². The Morgan fingerprint density at radius 3 is 2.74 bits per heavy atom. The maximum absolute atomic E-state index is 11.9. The van der Waals surface area contributed by atoms with E-state index in [2.05, 4.69) is 36.0 Å². The van der Waals surface area contributed by atoms with Crippen LogP contribution in [0.1, 0.15) is 10.4 Å². The van der Waals surface area contributed by atoms with Crippen LogP contribution in [0.5, 0.6) is 0 Å². The summed E-state index contributed by atoms with van der Waals surface area (Å²) >= 11 is 0. The fourth-order valence-electron chi connectivity index (χ4n) is 1.49. The summed E-state index contributed by atoms with van der Waals surface area (Å²) in [6.45, 7) is 0. The Kier molecular flexibility index (Phi) is 2.69. The summed E-state index contributed by atoms with van der Waals surface area (Å²) in [5.74, 6) is 0.0227. The average Bonchev–Trinajstić information content (AvgIpc) is 3.12. The Labute approximate surface area is 106 Å². The van der Waals surface area contributed by atoms with Crippen molar-refractivity contribution >= 4 is 11.9 Å². The molecular weight excluding hydrogens is 248 g/mol. The van der Waals surface area contributed by atoms with E-state index in [1.807, 2.05) is 0 Å². The molecule has 9 nitrogen and oxygen atoms in total. The summed E-state index contributed by atoms with van der Waals surface area (Å²) in [5.41, 5.74) is 1.26. The number of nitrogens with one attached hydrogen (secondary N) is 2. The van der Waals surface area contributed by atoms with Gasteiger partial charge in [-0.1, -0.05) is 0 Å². The van der Waals surface area contributed by atoms with Crippen molar-refractivity contribution in [2.75, 3.05) is 5.32 Å². The zero-order valence-corrected chi connectivity index (χ0v) is 9.56. The van der Waals surface area contributed by atoms with E-state index in [9.17, 15) is 4.79 Å². The molecule has 3 aromatic rings. The lowest BCUT2D eigenvalue weighted by atomic mass is 10.2. The minimum atomic E-state index is -0.278. The molecule has 94 valence electrons. The van der Waals surface area contributed by atoms with E-state index in [1.165, 1.54) is 17.3 Å². The van der Waals surface area contributed by atoms with Crippen molar-refractivity contribution in [1.29, 1.82) is 0 Å². The van der Waals surface area contributed by atoms with Crippen LogP contribution in [0.25, 0.3) is 5.69 Å². The van der Waals surface area contributed by atoms with Crippen molar-refractivity contribution < 1.29 is 4.79 Å². The van der Waals surface area contributed by atoms with Crippen LogP contribution in [0, 0.1) is 0 Å². The van der Waals surface area contributed by atoms with E-state index >= 15 is 0 Å². The molecule has 1 aromatic carbocycles. The molecule has 9 heteroatoms. The van der Waals surface area contributed by atoms with Gasteiger partial charge in [0.25, 0.3) is 5.91 Å². The van der Waals surface area contributed by atoms with Crippen molar-refractivity contribution in [2.45, 2.75) is 0 Å². The number of H-pyrrole nitrogens is 1. The Morgan fingerprint density at radius 2 is 2.11 bits per heavy atom. The van der Waals surface area contributed by atoms with Crippen molar-refractivity contribution in [2.24, 2.45) is 0 Å². The van der Waals surface area contributed by atoms with Crippen LogP contribution in [0.3, 0.4) is 0 Å². The molecule has 0 spiro atoms. The van der Waals surface area contributed by atoms with Gasteiger partial charge in [0.05, 0.1) is 5.69 Å². The number of carbonyl (C=O) groups excluding carboxylic acids is 1. The molecule has 0 saturated heterocycles. The lowest BCUT2D eigenvalue weighted by Crippen LogP contribution is -2.13. The highest BCUT2D eigenvalue weighted by Crippen LogP contribution is 2.09. The third-order valence-corrected chi connectivity index (χ3v) is 2.39. The lowest BCUT2D eigenvalue weighted by Gasteiger charge is -2.03. The molecule has 0 atom stereocenters. The number of aromatic nitrogens is 7.